The molecule has 1 fully saturated rings. The average Bonchev–Trinajstić information content (AvgIpc) is 2.75. The number of benzene rings is 2. The molecule has 1 heterocycles. The summed E-state index contributed by atoms with van der Waals surface area (Å²) in [6.45, 7) is 5.15. The van der Waals surface area contributed by atoms with Gasteiger partial charge in [0.2, 0.25) is 10.0 Å². The second-order valence-electron chi connectivity index (χ2n) is 7.75. The van der Waals surface area contributed by atoms with Gasteiger partial charge in [0.05, 0.1) is 29.8 Å². The van der Waals surface area contributed by atoms with Crippen LogP contribution < -0.4 is 15.2 Å². The van der Waals surface area contributed by atoms with Crippen LogP contribution in [0.25, 0.3) is 0 Å². The molecule has 0 radical (unpaired) electrons. The van der Waals surface area contributed by atoms with E-state index in [0.717, 1.165) is 5.56 Å². The number of hydrogen-bond acceptors (Lipinski definition) is 6. The molecule has 1 aliphatic rings. The SMILES string of the molecule is COc1ccc(S(N)(=O)=O)cc1C(=O)NCc1ccc(C(=O)N2CC(C)OC(C)C2)cc1. The van der Waals surface area contributed by atoms with Crippen molar-refractivity contribution in [1.29, 1.82) is 0 Å². The summed E-state index contributed by atoms with van der Waals surface area (Å²) < 4.78 is 34.0. The zero-order chi connectivity index (χ0) is 23.5. The van der Waals surface area contributed by atoms with Crippen molar-refractivity contribution in [3.05, 3.63) is 59.2 Å². The van der Waals surface area contributed by atoms with Gasteiger partial charge in [-0.05, 0) is 49.7 Å². The van der Waals surface area contributed by atoms with Gasteiger partial charge in [-0.3, -0.25) is 9.59 Å². The Morgan fingerprint density at radius 2 is 1.75 bits per heavy atom. The number of ether oxygens (including phenoxy) is 2. The Kier molecular flexibility index (Phi) is 7.17. The van der Waals surface area contributed by atoms with Gasteiger partial charge >= 0.3 is 0 Å². The third-order valence-electron chi connectivity index (χ3n) is 5.10. The molecule has 2 aromatic carbocycles. The molecule has 0 aromatic heterocycles. The van der Waals surface area contributed by atoms with Crippen LogP contribution in [0.5, 0.6) is 5.75 Å². The highest BCUT2D eigenvalue weighted by Crippen LogP contribution is 2.22. The van der Waals surface area contributed by atoms with Gasteiger partial charge in [0.25, 0.3) is 11.8 Å². The quantitative estimate of drug-likeness (QED) is 0.671. The number of sulfonamides is 1. The van der Waals surface area contributed by atoms with Crippen molar-refractivity contribution >= 4 is 21.8 Å². The molecule has 3 rings (SSSR count). The molecule has 2 amide bonds. The normalized spacial score (nSPS) is 18.8. The lowest BCUT2D eigenvalue weighted by Crippen LogP contribution is -2.48. The highest BCUT2D eigenvalue weighted by Gasteiger charge is 2.26. The summed E-state index contributed by atoms with van der Waals surface area (Å²) in [5, 5.41) is 7.88. The fourth-order valence-electron chi connectivity index (χ4n) is 3.61. The number of primary sulfonamides is 1. The zero-order valence-corrected chi connectivity index (χ0v) is 19.0. The fraction of sp³-hybridized carbons (Fsp3) is 0.364. The van der Waals surface area contributed by atoms with E-state index in [2.05, 4.69) is 5.32 Å². The number of nitrogens with zero attached hydrogens (tertiary/aromatic N) is 1. The lowest BCUT2D eigenvalue weighted by molar-refractivity contribution is -0.0586. The number of carbonyl (C=O) groups is 2. The van der Waals surface area contributed by atoms with Crippen molar-refractivity contribution in [2.24, 2.45) is 5.14 Å². The highest BCUT2D eigenvalue weighted by atomic mass is 32.2. The summed E-state index contributed by atoms with van der Waals surface area (Å²) in [4.78, 5) is 27.0. The van der Waals surface area contributed by atoms with Crippen molar-refractivity contribution in [2.75, 3.05) is 20.2 Å². The van der Waals surface area contributed by atoms with Gasteiger partial charge in [-0.15, -0.1) is 0 Å². The predicted molar refractivity (Wildman–Crippen MR) is 118 cm³/mol. The van der Waals surface area contributed by atoms with Crippen LogP contribution in [0.2, 0.25) is 0 Å². The molecule has 1 saturated heterocycles. The summed E-state index contributed by atoms with van der Waals surface area (Å²) in [5.74, 6) is -0.347. The third kappa shape index (κ3) is 5.64. The number of nitrogens with one attached hydrogen (secondary N) is 1. The molecular weight excluding hydrogens is 434 g/mol. The van der Waals surface area contributed by atoms with Crippen LogP contribution in [0.3, 0.4) is 0 Å². The van der Waals surface area contributed by atoms with E-state index in [-0.39, 0.29) is 40.9 Å². The summed E-state index contributed by atoms with van der Waals surface area (Å²) in [6.07, 6.45) is -0.0242. The monoisotopic (exact) mass is 461 g/mol. The van der Waals surface area contributed by atoms with Crippen LogP contribution in [0, 0.1) is 0 Å². The molecule has 32 heavy (non-hydrogen) atoms. The Bertz CT molecular complexity index is 1090. The smallest absolute Gasteiger partial charge is 0.255 e. The van der Waals surface area contributed by atoms with E-state index < -0.39 is 15.9 Å². The maximum Gasteiger partial charge on any atom is 0.255 e. The molecule has 0 bridgehead atoms. The van der Waals surface area contributed by atoms with Crippen LogP contribution in [-0.4, -0.2) is 57.5 Å². The maximum absolute atomic E-state index is 12.8. The Hall–Kier alpha value is -2.95. The fourth-order valence-corrected chi connectivity index (χ4v) is 4.15. The molecule has 3 N–H and O–H groups in total. The van der Waals surface area contributed by atoms with E-state index >= 15 is 0 Å². The molecule has 2 atom stereocenters. The van der Waals surface area contributed by atoms with Crippen molar-refractivity contribution in [3.8, 4) is 5.75 Å². The van der Waals surface area contributed by atoms with E-state index in [1.54, 1.807) is 29.2 Å². The Labute approximate surface area is 187 Å². The molecule has 172 valence electrons. The number of morpholine rings is 1. The lowest BCUT2D eigenvalue weighted by atomic mass is 10.1. The van der Waals surface area contributed by atoms with E-state index in [4.69, 9.17) is 14.6 Å². The summed E-state index contributed by atoms with van der Waals surface area (Å²) in [7, 11) is -2.58. The molecule has 9 nitrogen and oxygen atoms in total. The molecule has 0 saturated carbocycles. The second-order valence-corrected chi connectivity index (χ2v) is 9.32. The van der Waals surface area contributed by atoms with Crippen LogP contribution in [0.4, 0.5) is 0 Å². The first kappa shape index (κ1) is 23.7. The topological polar surface area (TPSA) is 128 Å². The third-order valence-corrected chi connectivity index (χ3v) is 6.02. The van der Waals surface area contributed by atoms with Gasteiger partial charge in [-0.25, -0.2) is 13.6 Å². The first-order valence-corrected chi connectivity index (χ1v) is 11.7. The van der Waals surface area contributed by atoms with Crippen molar-refractivity contribution < 1.29 is 27.5 Å². The first-order valence-electron chi connectivity index (χ1n) is 10.1. The maximum atomic E-state index is 12.8. The van der Waals surface area contributed by atoms with Crippen LogP contribution in [0.1, 0.15) is 40.1 Å². The van der Waals surface area contributed by atoms with E-state index in [1.165, 1.54) is 25.3 Å². The molecular formula is C22H27N3O6S. The number of rotatable bonds is 6. The number of amides is 2. The van der Waals surface area contributed by atoms with Crippen LogP contribution >= 0.6 is 0 Å². The van der Waals surface area contributed by atoms with Gasteiger partial charge in [-0.1, -0.05) is 12.1 Å². The van der Waals surface area contributed by atoms with Gasteiger partial charge < -0.3 is 19.7 Å². The van der Waals surface area contributed by atoms with E-state index in [1.807, 2.05) is 13.8 Å². The number of carbonyl (C=O) groups excluding carboxylic acids is 2. The van der Waals surface area contributed by atoms with Crippen LogP contribution in [-0.2, 0) is 21.3 Å². The summed E-state index contributed by atoms with van der Waals surface area (Å²) in [5.41, 5.74) is 1.39. The minimum Gasteiger partial charge on any atom is -0.496 e. The van der Waals surface area contributed by atoms with Gasteiger partial charge in [0.15, 0.2) is 0 Å². The Morgan fingerprint density at radius 3 is 2.31 bits per heavy atom. The molecule has 2 aromatic rings. The molecule has 0 spiro atoms. The van der Waals surface area contributed by atoms with E-state index in [0.29, 0.717) is 18.7 Å². The standard InChI is InChI=1S/C22H27N3O6S/c1-14-12-25(13-15(2)31-14)22(27)17-6-4-16(5-7-17)11-24-21(26)19-10-18(32(23,28)29)8-9-20(19)30-3/h4-10,14-15H,11-13H2,1-3H3,(H,24,26)(H2,23,28,29). The van der Waals surface area contributed by atoms with Crippen molar-refractivity contribution in [2.45, 2.75) is 37.5 Å². The molecule has 2 unspecified atom stereocenters. The average molecular weight is 462 g/mol. The largest absolute Gasteiger partial charge is 0.496 e. The van der Waals surface area contributed by atoms with Crippen molar-refractivity contribution in [3.63, 3.8) is 0 Å². The second kappa shape index (κ2) is 9.68. The van der Waals surface area contributed by atoms with Crippen molar-refractivity contribution in [1.82, 2.24) is 10.2 Å². The minimum absolute atomic E-state index is 0.0121. The zero-order valence-electron chi connectivity index (χ0n) is 18.2. The van der Waals surface area contributed by atoms with Crippen LogP contribution in [0.15, 0.2) is 47.4 Å². The van der Waals surface area contributed by atoms with Gasteiger partial charge in [0, 0.05) is 25.2 Å². The summed E-state index contributed by atoms with van der Waals surface area (Å²) in [6, 6.07) is 10.8. The van der Waals surface area contributed by atoms with E-state index in [9.17, 15) is 18.0 Å². The number of methoxy groups -OCH3 is 1. The predicted octanol–water partition coefficient (Wildman–Crippen LogP) is 1.52. The molecule has 10 heteroatoms. The number of hydrogen-bond donors (Lipinski definition) is 2. The Morgan fingerprint density at radius 1 is 1.12 bits per heavy atom. The lowest BCUT2D eigenvalue weighted by Gasteiger charge is -2.35. The van der Waals surface area contributed by atoms with Gasteiger partial charge in [0.1, 0.15) is 5.75 Å². The van der Waals surface area contributed by atoms with Gasteiger partial charge in [-0.2, -0.15) is 0 Å². The molecule has 0 aliphatic carbocycles. The highest BCUT2D eigenvalue weighted by molar-refractivity contribution is 7.89. The number of nitrogens with two attached hydrogens (primary N) is 1. The summed E-state index contributed by atoms with van der Waals surface area (Å²) >= 11 is 0. The minimum atomic E-state index is -3.96. The first-order chi connectivity index (χ1) is 15.1. The Balaban J connectivity index is 1.67. The molecule has 1 aliphatic heterocycles.